The van der Waals surface area contributed by atoms with E-state index in [0.717, 1.165) is 11.3 Å². The monoisotopic (exact) mass is 506 g/mol. The first-order valence-electron chi connectivity index (χ1n) is 10.5. The summed E-state index contributed by atoms with van der Waals surface area (Å²) in [7, 11) is 0. The third-order valence-corrected chi connectivity index (χ3v) is 5.43. The quantitative estimate of drug-likeness (QED) is 0.242. The van der Waals surface area contributed by atoms with Crippen molar-refractivity contribution in [1.82, 2.24) is 9.99 Å². The van der Waals surface area contributed by atoms with Gasteiger partial charge in [-0.3, -0.25) is 9.59 Å². The van der Waals surface area contributed by atoms with Crippen LogP contribution in [0.15, 0.2) is 96.4 Å². The number of anilines is 1. The largest absolute Gasteiger partial charge is 0.484 e. The van der Waals surface area contributed by atoms with Crippen LogP contribution in [0.2, 0.25) is 10.0 Å². The van der Waals surface area contributed by atoms with Crippen molar-refractivity contribution in [2.45, 2.75) is 0 Å². The molecule has 0 saturated carbocycles. The highest BCUT2D eigenvalue weighted by Crippen LogP contribution is 2.25. The number of para-hydroxylation sites is 1. The lowest BCUT2D eigenvalue weighted by molar-refractivity contribution is -0.118. The Hall–Kier alpha value is -4.07. The van der Waals surface area contributed by atoms with Gasteiger partial charge in [-0.05, 0) is 72.3 Å². The number of nitrogens with one attached hydrogen (secondary N) is 2. The first-order valence-corrected chi connectivity index (χ1v) is 11.3. The molecule has 0 saturated heterocycles. The summed E-state index contributed by atoms with van der Waals surface area (Å²) in [5.41, 5.74) is 4.96. The maximum absolute atomic E-state index is 12.6. The fourth-order valence-corrected chi connectivity index (χ4v) is 3.53. The topological polar surface area (TPSA) is 84.7 Å². The number of nitrogens with zero attached hydrogens (tertiary/aromatic N) is 2. The lowest BCUT2D eigenvalue weighted by Gasteiger charge is -2.09. The predicted molar refractivity (Wildman–Crippen MR) is 138 cm³/mol. The Balaban J connectivity index is 1.29. The number of amides is 2. The minimum Gasteiger partial charge on any atom is -0.484 e. The van der Waals surface area contributed by atoms with Gasteiger partial charge in [0.05, 0.1) is 28.2 Å². The average Bonchev–Trinajstić information content (AvgIpc) is 3.41. The fraction of sp³-hybridized carbons (Fsp3) is 0.0385. The molecule has 35 heavy (non-hydrogen) atoms. The molecule has 0 radical (unpaired) electrons. The SMILES string of the molecule is O=C(COc1ccc(/C=N\NC(=O)c2ccccc2-n2cccc2)cc1)Nc1cc(Cl)ccc1Cl. The van der Waals surface area contributed by atoms with Gasteiger partial charge in [-0.2, -0.15) is 5.10 Å². The summed E-state index contributed by atoms with van der Waals surface area (Å²) in [5, 5.41) is 7.54. The third kappa shape index (κ3) is 6.50. The molecule has 1 heterocycles. The number of aromatic nitrogens is 1. The van der Waals surface area contributed by atoms with Crippen LogP contribution in [0.25, 0.3) is 5.69 Å². The van der Waals surface area contributed by atoms with E-state index in [0.29, 0.717) is 27.0 Å². The van der Waals surface area contributed by atoms with Gasteiger partial charge >= 0.3 is 0 Å². The summed E-state index contributed by atoms with van der Waals surface area (Å²) in [6.45, 7) is -0.201. The standard InChI is InChI=1S/C26H20Cl2N4O3/c27-19-9-12-22(28)23(15-19)30-25(33)17-35-20-10-7-18(8-11-20)16-29-31-26(34)21-5-1-2-6-24(21)32-13-3-4-14-32/h1-16H,17H2,(H,30,33)(H,31,34)/b29-16-. The molecule has 3 aromatic carbocycles. The van der Waals surface area contributed by atoms with Crippen molar-refractivity contribution in [3.05, 3.63) is 112 Å². The molecule has 1 aromatic heterocycles. The van der Waals surface area contributed by atoms with Crippen molar-refractivity contribution in [2.24, 2.45) is 5.10 Å². The van der Waals surface area contributed by atoms with E-state index in [1.54, 1.807) is 54.6 Å². The van der Waals surface area contributed by atoms with Gasteiger partial charge in [-0.25, -0.2) is 5.43 Å². The van der Waals surface area contributed by atoms with E-state index in [1.165, 1.54) is 6.21 Å². The second-order valence-electron chi connectivity index (χ2n) is 7.34. The van der Waals surface area contributed by atoms with Gasteiger partial charge in [0.25, 0.3) is 11.8 Å². The van der Waals surface area contributed by atoms with E-state index < -0.39 is 0 Å². The summed E-state index contributed by atoms with van der Waals surface area (Å²) < 4.78 is 7.37. The van der Waals surface area contributed by atoms with Crippen molar-refractivity contribution < 1.29 is 14.3 Å². The molecule has 0 spiro atoms. The Kier molecular flexibility index (Phi) is 7.82. The maximum Gasteiger partial charge on any atom is 0.273 e. The van der Waals surface area contributed by atoms with E-state index >= 15 is 0 Å². The lowest BCUT2D eigenvalue weighted by Crippen LogP contribution is -2.20. The summed E-state index contributed by atoms with van der Waals surface area (Å²) in [6, 6.07) is 22.8. The molecule has 0 bridgehead atoms. The molecule has 4 rings (SSSR count). The summed E-state index contributed by atoms with van der Waals surface area (Å²) in [6.07, 6.45) is 5.26. The second kappa shape index (κ2) is 11.4. The van der Waals surface area contributed by atoms with E-state index in [9.17, 15) is 9.59 Å². The van der Waals surface area contributed by atoms with Crippen LogP contribution >= 0.6 is 23.2 Å². The zero-order chi connectivity index (χ0) is 24.6. The molecule has 0 aliphatic carbocycles. The highest BCUT2D eigenvalue weighted by Gasteiger charge is 2.11. The molecule has 0 unspecified atom stereocenters. The molecule has 0 aliphatic rings. The number of hydrazone groups is 1. The molecule has 0 fully saturated rings. The molecule has 0 atom stereocenters. The Morgan fingerprint density at radius 1 is 0.943 bits per heavy atom. The van der Waals surface area contributed by atoms with Crippen LogP contribution in [0.1, 0.15) is 15.9 Å². The Bertz CT molecular complexity index is 1350. The van der Waals surface area contributed by atoms with Crippen molar-refractivity contribution in [3.8, 4) is 11.4 Å². The van der Waals surface area contributed by atoms with E-state index in [-0.39, 0.29) is 18.4 Å². The van der Waals surface area contributed by atoms with Crippen LogP contribution in [-0.2, 0) is 4.79 Å². The molecule has 0 aliphatic heterocycles. The second-order valence-corrected chi connectivity index (χ2v) is 8.18. The number of carbonyl (C=O) groups is 2. The van der Waals surface area contributed by atoms with Gasteiger partial charge in [0.1, 0.15) is 5.75 Å². The molecule has 176 valence electrons. The van der Waals surface area contributed by atoms with E-state index in [2.05, 4.69) is 15.8 Å². The first kappa shape index (κ1) is 24.1. The van der Waals surface area contributed by atoms with Gasteiger partial charge in [0, 0.05) is 17.4 Å². The molecule has 4 aromatic rings. The predicted octanol–water partition coefficient (Wildman–Crippen LogP) is 5.57. The number of carbonyl (C=O) groups excluding carboxylic acids is 2. The van der Waals surface area contributed by atoms with Crippen LogP contribution in [0.3, 0.4) is 0 Å². The minimum absolute atomic E-state index is 0.201. The Labute approximate surface area is 211 Å². The number of halogens is 2. The number of hydrogen-bond donors (Lipinski definition) is 2. The number of ether oxygens (including phenoxy) is 1. The summed E-state index contributed by atoms with van der Waals surface area (Å²) in [4.78, 5) is 24.7. The van der Waals surface area contributed by atoms with Crippen LogP contribution in [0.4, 0.5) is 5.69 Å². The highest BCUT2D eigenvalue weighted by molar-refractivity contribution is 6.35. The van der Waals surface area contributed by atoms with Gasteiger partial charge < -0.3 is 14.6 Å². The summed E-state index contributed by atoms with van der Waals surface area (Å²) >= 11 is 12.0. The highest BCUT2D eigenvalue weighted by atomic mass is 35.5. The van der Waals surface area contributed by atoms with Gasteiger partial charge in [-0.1, -0.05) is 35.3 Å². The number of benzene rings is 3. The minimum atomic E-state index is -0.372. The smallest absolute Gasteiger partial charge is 0.273 e. The van der Waals surface area contributed by atoms with Gasteiger partial charge in [-0.15, -0.1) is 0 Å². The molecular formula is C26H20Cl2N4O3. The zero-order valence-electron chi connectivity index (χ0n) is 18.3. The normalized spacial score (nSPS) is 10.8. The molecule has 7 nitrogen and oxygen atoms in total. The molecule has 2 N–H and O–H groups in total. The third-order valence-electron chi connectivity index (χ3n) is 4.86. The first-order chi connectivity index (χ1) is 17.0. The average molecular weight is 507 g/mol. The number of hydrogen-bond acceptors (Lipinski definition) is 4. The van der Waals surface area contributed by atoms with Crippen LogP contribution in [0, 0.1) is 0 Å². The van der Waals surface area contributed by atoms with Gasteiger partial charge in [0.15, 0.2) is 6.61 Å². The lowest BCUT2D eigenvalue weighted by atomic mass is 10.1. The zero-order valence-corrected chi connectivity index (χ0v) is 19.8. The van der Waals surface area contributed by atoms with E-state index in [1.807, 2.05) is 41.2 Å². The Morgan fingerprint density at radius 3 is 2.46 bits per heavy atom. The van der Waals surface area contributed by atoms with E-state index in [4.69, 9.17) is 27.9 Å². The van der Waals surface area contributed by atoms with Crippen molar-refractivity contribution >= 4 is 46.9 Å². The maximum atomic E-state index is 12.6. The van der Waals surface area contributed by atoms with Crippen LogP contribution < -0.4 is 15.5 Å². The molecular weight excluding hydrogens is 487 g/mol. The van der Waals surface area contributed by atoms with Crippen LogP contribution in [-0.4, -0.2) is 29.2 Å². The molecule has 2 amide bonds. The fourth-order valence-electron chi connectivity index (χ4n) is 3.19. The Morgan fingerprint density at radius 2 is 1.69 bits per heavy atom. The summed E-state index contributed by atoms with van der Waals surface area (Å²) in [5.74, 6) is -0.196. The van der Waals surface area contributed by atoms with Gasteiger partial charge in [0.2, 0.25) is 0 Å². The molecule has 9 heteroatoms. The van der Waals surface area contributed by atoms with Crippen molar-refractivity contribution in [2.75, 3.05) is 11.9 Å². The van der Waals surface area contributed by atoms with Crippen molar-refractivity contribution in [1.29, 1.82) is 0 Å². The van der Waals surface area contributed by atoms with Crippen molar-refractivity contribution in [3.63, 3.8) is 0 Å². The number of rotatable bonds is 8. The van der Waals surface area contributed by atoms with Crippen LogP contribution in [0.5, 0.6) is 5.75 Å².